The van der Waals surface area contributed by atoms with Crippen LogP contribution in [-0.2, 0) is 4.79 Å². The Kier molecular flexibility index (Phi) is 3.94. The maximum atomic E-state index is 11.8. The number of nitrogens with zero attached hydrogens (tertiary/aromatic N) is 1. The summed E-state index contributed by atoms with van der Waals surface area (Å²) in [5.74, 6) is 5.53. The summed E-state index contributed by atoms with van der Waals surface area (Å²) >= 11 is 0. The number of imide groups is 1. The van der Waals surface area contributed by atoms with Crippen LogP contribution in [0.2, 0.25) is 0 Å². The first-order valence-corrected chi connectivity index (χ1v) is 5.65. The van der Waals surface area contributed by atoms with Gasteiger partial charge in [-0.05, 0) is 19.8 Å². The number of rotatable bonds is 4. The molecular weight excluding hydrogens is 204 g/mol. The van der Waals surface area contributed by atoms with Crippen LogP contribution in [0.5, 0.6) is 0 Å². The van der Waals surface area contributed by atoms with Gasteiger partial charge in [0.05, 0.1) is 0 Å². The Morgan fingerprint density at radius 1 is 1.31 bits per heavy atom. The van der Waals surface area contributed by atoms with Crippen LogP contribution in [0, 0.1) is 11.8 Å². The predicted molar refractivity (Wildman–Crippen MR) is 61.6 cm³/mol. The molecule has 1 rings (SSSR count). The van der Waals surface area contributed by atoms with E-state index in [2.05, 4.69) is 17.2 Å². The van der Waals surface area contributed by atoms with E-state index in [-0.39, 0.29) is 11.9 Å². The van der Waals surface area contributed by atoms with E-state index in [1.165, 1.54) is 0 Å². The number of urea groups is 1. The third-order valence-electron chi connectivity index (χ3n) is 3.21. The molecule has 1 fully saturated rings. The molecule has 0 aliphatic carbocycles. The van der Waals surface area contributed by atoms with Crippen LogP contribution in [-0.4, -0.2) is 28.9 Å². The van der Waals surface area contributed by atoms with Gasteiger partial charge in [0.1, 0.15) is 5.54 Å². The van der Waals surface area contributed by atoms with Crippen LogP contribution in [0.15, 0.2) is 0 Å². The van der Waals surface area contributed by atoms with Crippen molar-refractivity contribution in [2.75, 3.05) is 6.54 Å². The molecule has 1 N–H and O–H groups in total. The van der Waals surface area contributed by atoms with Gasteiger partial charge < -0.3 is 4.90 Å². The molecule has 0 aromatic rings. The zero-order valence-electron chi connectivity index (χ0n) is 10.1. The van der Waals surface area contributed by atoms with E-state index >= 15 is 0 Å². The highest BCUT2D eigenvalue weighted by molar-refractivity contribution is 6.06. The molecule has 1 saturated heterocycles. The average molecular weight is 222 g/mol. The van der Waals surface area contributed by atoms with Crippen LogP contribution in [0.3, 0.4) is 0 Å². The Labute approximate surface area is 96.4 Å². The third kappa shape index (κ3) is 1.90. The lowest BCUT2D eigenvalue weighted by molar-refractivity contribution is -0.127. The molecule has 1 aliphatic rings. The van der Waals surface area contributed by atoms with Crippen molar-refractivity contribution in [2.45, 2.75) is 45.6 Å². The summed E-state index contributed by atoms with van der Waals surface area (Å²) in [5, 5.41) is 2.39. The van der Waals surface area contributed by atoms with Gasteiger partial charge in [-0.3, -0.25) is 10.1 Å². The summed E-state index contributed by atoms with van der Waals surface area (Å²) < 4.78 is 0. The van der Waals surface area contributed by atoms with Gasteiger partial charge in [-0.15, -0.1) is 11.8 Å². The van der Waals surface area contributed by atoms with Crippen LogP contribution in [0.4, 0.5) is 4.79 Å². The lowest BCUT2D eigenvalue weighted by Gasteiger charge is -2.33. The van der Waals surface area contributed by atoms with Gasteiger partial charge in [-0.1, -0.05) is 13.8 Å². The first-order chi connectivity index (χ1) is 7.62. The van der Waals surface area contributed by atoms with Crippen LogP contribution >= 0.6 is 0 Å². The van der Waals surface area contributed by atoms with Gasteiger partial charge in [-0.25, -0.2) is 4.79 Å². The summed E-state index contributed by atoms with van der Waals surface area (Å²) in [5.41, 5.74) is -0.660. The molecule has 0 aromatic carbocycles. The predicted octanol–water partition coefficient (Wildman–Crippen LogP) is 1.51. The second kappa shape index (κ2) is 5.02. The van der Waals surface area contributed by atoms with Gasteiger partial charge >= 0.3 is 6.03 Å². The van der Waals surface area contributed by atoms with Gasteiger partial charge in [-0.2, -0.15) is 0 Å². The smallest absolute Gasteiger partial charge is 0.309 e. The minimum absolute atomic E-state index is 0.174. The first kappa shape index (κ1) is 12.6. The number of hydrogen-bond acceptors (Lipinski definition) is 2. The molecule has 16 heavy (non-hydrogen) atoms. The molecule has 4 nitrogen and oxygen atoms in total. The molecule has 0 saturated carbocycles. The lowest BCUT2D eigenvalue weighted by atomic mass is 9.91. The topological polar surface area (TPSA) is 49.4 Å². The third-order valence-corrected chi connectivity index (χ3v) is 3.21. The van der Waals surface area contributed by atoms with Gasteiger partial charge in [0.25, 0.3) is 5.91 Å². The molecule has 0 bridgehead atoms. The van der Waals surface area contributed by atoms with E-state index in [1.54, 1.807) is 11.8 Å². The zero-order chi connectivity index (χ0) is 12.2. The molecular formula is C12H18N2O2. The second-order valence-electron chi connectivity index (χ2n) is 3.83. The second-order valence-corrected chi connectivity index (χ2v) is 3.83. The Morgan fingerprint density at radius 3 is 2.44 bits per heavy atom. The van der Waals surface area contributed by atoms with Crippen molar-refractivity contribution < 1.29 is 9.59 Å². The number of carbonyl (C=O) groups excluding carboxylic acids is 2. The van der Waals surface area contributed by atoms with Gasteiger partial charge in [0.2, 0.25) is 0 Å². The van der Waals surface area contributed by atoms with Gasteiger partial charge in [0.15, 0.2) is 0 Å². The number of hydrogen-bond donors (Lipinski definition) is 1. The number of carbonyl (C=O) groups is 2. The number of amides is 3. The highest BCUT2D eigenvalue weighted by Gasteiger charge is 2.49. The van der Waals surface area contributed by atoms with E-state index in [9.17, 15) is 9.59 Å². The zero-order valence-corrected chi connectivity index (χ0v) is 10.1. The summed E-state index contributed by atoms with van der Waals surface area (Å²) in [6.07, 6.45) is 1.89. The normalized spacial score (nSPS) is 18.1. The van der Waals surface area contributed by atoms with Crippen molar-refractivity contribution in [1.82, 2.24) is 10.2 Å². The van der Waals surface area contributed by atoms with Crippen molar-refractivity contribution in [1.29, 1.82) is 0 Å². The minimum atomic E-state index is -0.660. The SMILES string of the molecule is CC#CCCN1C(=O)NC(=O)C1(CC)CC. The van der Waals surface area contributed by atoms with E-state index in [4.69, 9.17) is 0 Å². The van der Waals surface area contributed by atoms with E-state index in [0.29, 0.717) is 25.8 Å². The lowest BCUT2D eigenvalue weighted by Crippen LogP contribution is -2.49. The Hall–Kier alpha value is -1.50. The van der Waals surface area contributed by atoms with Crippen molar-refractivity contribution in [3.8, 4) is 11.8 Å². The van der Waals surface area contributed by atoms with Crippen molar-refractivity contribution in [3.05, 3.63) is 0 Å². The summed E-state index contributed by atoms with van der Waals surface area (Å²) in [6, 6.07) is -0.286. The fraction of sp³-hybridized carbons (Fsp3) is 0.667. The molecule has 0 spiro atoms. The molecule has 0 atom stereocenters. The molecule has 3 amide bonds. The van der Waals surface area contributed by atoms with Crippen molar-refractivity contribution >= 4 is 11.9 Å². The molecule has 0 aromatic heterocycles. The van der Waals surface area contributed by atoms with Crippen molar-refractivity contribution in [2.24, 2.45) is 0 Å². The molecule has 1 aliphatic heterocycles. The average Bonchev–Trinajstić information content (AvgIpc) is 2.51. The maximum Gasteiger partial charge on any atom is 0.325 e. The molecule has 88 valence electrons. The van der Waals surface area contributed by atoms with E-state index in [0.717, 1.165) is 0 Å². The van der Waals surface area contributed by atoms with Crippen molar-refractivity contribution in [3.63, 3.8) is 0 Å². The first-order valence-electron chi connectivity index (χ1n) is 5.65. The van der Waals surface area contributed by atoms with Crippen LogP contribution in [0.1, 0.15) is 40.0 Å². The minimum Gasteiger partial charge on any atom is -0.309 e. The monoisotopic (exact) mass is 222 g/mol. The highest BCUT2D eigenvalue weighted by atomic mass is 16.2. The standard InChI is InChI=1S/C12H18N2O2/c1-4-7-8-9-14-11(16)13-10(15)12(14,5-2)6-3/h5-6,8-9H2,1-3H3,(H,13,15,16). The molecule has 4 heteroatoms. The number of nitrogens with one attached hydrogen (secondary N) is 1. The molecule has 0 unspecified atom stereocenters. The quantitative estimate of drug-likeness (QED) is 0.579. The van der Waals surface area contributed by atoms with Gasteiger partial charge in [0, 0.05) is 13.0 Å². The fourth-order valence-corrected chi connectivity index (χ4v) is 2.16. The Morgan fingerprint density at radius 2 is 1.94 bits per heavy atom. The Bertz CT molecular complexity index is 348. The molecule has 0 radical (unpaired) electrons. The summed E-state index contributed by atoms with van der Waals surface area (Å²) in [4.78, 5) is 25.1. The summed E-state index contributed by atoms with van der Waals surface area (Å²) in [6.45, 7) is 6.14. The largest absolute Gasteiger partial charge is 0.325 e. The maximum absolute atomic E-state index is 11.8. The highest BCUT2D eigenvalue weighted by Crippen LogP contribution is 2.29. The van der Waals surface area contributed by atoms with E-state index in [1.807, 2.05) is 13.8 Å². The fourth-order valence-electron chi connectivity index (χ4n) is 2.16. The summed E-state index contributed by atoms with van der Waals surface area (Å²) in [7, 11) is 0. The van der Waals surface area contributed by atoms with Crippen LogP contribution < -0.4 is 5.32 Å². The van der Waals surface area contributed by atoms with E-state index < -0.39 is 5.54 Å². The Balaban J connectivity index is 2.87. The van der Waals surface area contributed by atoms with Crippen LogP contribution in [0.25, 0.3) is 0 Å². The molecule has 1 heterocycles.